The van der Waals surface area contributed by atoms with Crippen LogP contribution in [0.15, 0.2) is 237 Å². The van der Waals surface area contributed by atoms with Gasteiger partial charge < -0.3 is 4.90 Å². The monoisotopic (exact) mass is 725 g/mol. The van der Waals surface area contributed by atoms with Crippen LogP contribution in [-0.2, 0) is 0 Å². The van der Waals surface area contributed by atoms with Crippen molar-refractivity contribution in [3.05, 3.63) is 237 Å². The van der Waals surface area contributed by atoms with Crippen molar-refractivity contribution in [3.8, 4) is 55.6 Å². The third-order valence-corrected chi connectivity index (χ3v) is 11.1. The molecule has 0 aliphatic heterocycles. The Morgan fingerprint density at radius 2 is 0.719 bits per heavy atom. The van der Waals surface area contributed by atoms with E-state index in [9.17, 15) is 0 Å². The third-order valence-electron chi connectivity index (χ3n) is 11.1. The molecule has 0 saturated carbocycles. The van der Waals surface area contributed by atoms with Gasteiger partial charge in [-0.1, -0.05) is 200 Å². The highest BCUT2D eigenvalue weighted by Crippen LogP contribution is 2.48. The topological polar surface area (TPSA) is 3.24 Å². The Bertz CT molecular complexity index is 2970. The third kappa shape index (κ3) is 6.56. The predicted octanol–water partition coefficient (Wildman–Crippen LogP) is 15.8. The van der Waals surface area contributed by atoms with E-state index in [1.54, 1.807) is 0 Å². The Morgan fingerprint density at radius 1 is 0.246 bits per heavy atom. The second-order valence-electron chi connectivity index (χ2n) is 14.5. The summed E-state index contributed by atoms with van der Waals surface area (Å²) in [6, 6.07) is 85.8. The number of rotatable bonds is 8. The van der Waals surface area contributed by atoms with Gasteiger partial charge in [0.25, 0.3) is 0 Å². The summed E-state index contributed by atoms with van der Waals surface area (Å²) in [6.07, 6.45) is 0. The molecule has 0 unspecified atom stereocenters. The molecule has 0 heterocycles. The van der Waals surface area contributed by atoms with E-state index in [2.05, 4.69) is 241 Å². The minimum atomic E-state index is 1.09. The molecule has 0 atom stereocenters. The lowest BCUT2D eigenvalue weighted by molar-refractivity contribution is 1.28. The second-order valence-corrected chi connectivity index (χ2v) is 14.5. The second kappa shape index (κ2) is 15.0. The number of fused-ring (bicyclic) bond motifs is 3. The summed E-state index contributed by atoms with van der Waals surface area (Å²) >= 11 is 0. The van der Waals surface area contributed by atoms with Gasteiger partial charge in [0.1, 0.15) is 0 Å². The highest BCUT2D eigenvalue weighted by atomic mass is 15.1. The summed E-state index contributed by atoms with van der Waals surface area (Å²) in [5, 5.41) is 4.98. The minimum absolute atomic E-state index is 1.09. The van der Waals surface area contributed by atoms with E-state index in [-0.39, 0.29) is 0 Å². The van der Waals surface area contributed by atoms with Crippen LogP contribution in [0.5, 0.6) is 0 Å². The first-order valence-electron chi connectivity index (χ1n) is 19.6. The van der Waals surface area contributed by atoms with Crippen LogP contribution in [-0.4, -0.2) is 0 Å². The summed E-state index contributed by atoms with van der Waals surface area (Å²) < 4.78 is 0. The van der Waals surface area contributed by atoms with E-state index < -0.39 is 0 Å². The van der Waals surface area contributed by atoms with Crippen LogP contribution in [0.2, 0.25) is 0 Å². The molecule has 1 heteroatoms. The van der Waals surface area contributed by atoms with E-state index in [0.717, 1.165) is 22.6 Å². The maximum Gasteiger partial charge on any atom is 0.0546 e. The van der Waals surface area contributed by atoms with Gasteiger partial charge in [-0.2, -0.15) is 0 Å². The molecule has 0 aromatic heterocycles. The van der Waals surface area contributed by atoms with Crippen molar-refractivity contribution in [3.63, 3.8) is 0 Å². The van der Waals surface area contributed by atoms with E-state index in [4.69, 9.17) is 0 Å². The number of hydrogen-bond acceptors (Lipinski definition) is 1. The molecule has 10 aromatic carbocycles. The molecule has 1 nitrogen and oxygen atoms in total. The molecule has 0 spiro atoms. The zero-order chi connectivity index (χ0) is 38.0. The highest BCUT2D eigenvalue weighted by Gasteiger charge is 2.23. The molecule has 0 aliphatic carbocycles. The van der Waals surface area contributed by atoms with Gasteiger partial charge >= 0.3 is 0 Å². The molecule has 0 saturated heterocycles. The molecule has 0 amide bonds. The van der Waals surface area contributed by atoms with E-state index in [1.807, 2.05) is 0 Å². The van der Waals surface area contributed by atoms with Crippen molar-refractivity contribution in [2.75, 3.05) is 4.90 Å². The van der Waals surface area contributed by atoms with Gasteiger partial charge in [-0.25, -0.2) is 0 Å². The van der Waals surface area contributed by atoms with Crippen molar-refractivity contribution >= 4 is 38.6 Å². The molecule has 0 aliphatic rings. The Hall–Kier alpha value is -7.48. The standard InChI is InChI=1S/C56H39N/c1-4-16-40(17-5-1)43-30-32-45(33-31-43)56-53(54-39-47-22-10-11-25-50(47)51-26-12-13-27-52(51)54)28-15-29-55(56)57(48-36-34-44(35-37-48)41-18-6-2-7-19-41)49-24-14-23-46(38-49)42-20-8-3-9-21-42/h1-39H. The smallest absolute Gasteiger partial charge is 0.0546 e. The average Bonchev–Trinajstić information content (AvgIpc) is 3.30. The van der Waals surface area contributed by atoms with Crippen molar-refractivity contribution in [2.45, 2.75) is 0 Å². The number of anilines is 3. The average molecular weight is 726 g/mol. The van der Waals surface area contributed by atoms with Gasteiger partial charge in [-0.05, 0) is 108 Å². The summed E-state index contributed by atoms with van der Waals surface area (Å²) in [7, 11) is 0. The van der Waals surface area contributed by atoms with Crippen LogP contribution < -0.4 is 4.90 Å². The van der Waals surface area contributed by atoms with Crippen molar-refractivity contribution in [1.29, 1.82) is 0 Å². The van der Waals surface area contributed by atoms with E-state index in [1.165, 1.54) is 71.6 Å². The quantitative estimate of drug-likeness (QED) is 0.141. The zero-order valence-electron chi connectivity index (χ0n) is 31.5. The van der Waals surface area contributed by atoms with Crippen molar-refractivity contribution in [1.82, 2.24) is 0 Å². The lowest BCUT2D eigenvalue weighted by atomic mass is 9.87. The van der Waals surface area contributed by atoms with Gasteiger partial charge in [-0.3, -0.25) is 0 Å². The normalized spacial score (nSPS) is 11.2. The molecule has 268 valence electrons. The van der Waals surface area contributed by atoms with Gasteiger partial charge in [0.05, 0.1) is 5.69 Å². The fourth-order valence-corrected chi connectivity index (χ4v) is 8.31. The molecule has 0 radical (unpaired) electrons. The van der Waals surface area contributed by atoms with Gasteiger partial charge in [0.2, 0.25) is 0 Å². The molecule has 57 heavy (non-hydrogen) atoms. The predicted molar refractivity (Wildman–Crippen MR) is 243 cm³/mol. The maximum absolute atomic E-state index is 2.44. The zero-order valence-corrected chi connectivity index (χ0v) is 31.5. The molecular formula is C56H39N. The van der Waals surface area contributed by atoms with Gasteiger partial charge in [0, 0.05) is 16.9 Å². The Labute approximate surface area is 334 Å². The maximum atomic E-state index is 2.44. The van der Waals surface area contributed by atoms with E-state index in [0.29, 0.717) is 0 Å². The first-order chi connectivity index (χ1) is 28.3. The van der Waals surface area contributed by atoms with Crippen molar-refractivity contribution in [2.24, 2.45) is 0 Å². The van der Waals surface area contributed by atoms with Crippen LogP contribution in [0.1, 0.15) is 0 Å². The summed E-state index contributed by atoms with van der Waals surface area (Å²) in [5.41, 5.74) is 15.2. The Morgan fingerprint density at radius 3 is 1.37 bits per heavy atom. The SMILES string of the molecule is c1ccc(-c2ccc(-c3c(-c4cc5ccccc5c5ccccc45)cccc3N(c3ccc(-c4ccccc4)cc3)c3cccc(-c4ccccc4)c3)cc2)cc1. The number of benzene rings is 10. The lowest BCUT2D eigenvalue weighted by Gasteiger charge is -2.30. The van der Waals surface area contributed by atoms with Gasteiger partial charge in [0.15, 0.2) is 0 Å². The van der Waals surface area contributed by atoms with Crippen LogP contribution in [0, 0.1) is 0 Å². The molecular weight excluding hydrogens is 687 g/mol. The first kappa shape index (κ1) is 34.0. The fourth-order valence-electron chi connectivity index (χ4n) is 8.31. The molecule has 10 rings (SSSR count). The van der Waals surface area contributed by atoms with Crippen LogP contribution in [0.3, 0.4) is 0 Å². The van der Waals surface area contributed by atoms with E-state index >= 15 is 0 Å². The molecule has 10 aromatic rings. The minimum Gasteiger partial charge on any atom is -0.310 e. The summed E-state index contributed by atoms with van der Waals surface area (Å²) in [5.74, 6) is 0. The Kier molecular flexibility index (Phi) is 8.95. The number of hydrogen-bond donors (Lipinski definition) is 0. The molecule has 0 fully saturated rings. The highest BCUT2D eigenvalue weighted by molar-refractivity contribution is 6.15. The van der Waals surface area contributed by atoms with Crippen LogP contribution in [0.25, 0.3) is 77.2 Å². The van der Waals surface area contributed by atoms with Crippen molar-refractivity contribution < 1.29 is 0 Å². The van der Waals surface area contributed by atoms with Crippen LogP contribution >= 0.6 is 0 Å². The molecule has 0 N–H and O–H groups in total. The number of nitrogens with zero attached hydrogens (tertiary/aromatic N) is 1. The van der Waals surface area contributed by atoms with Crippen LogP contribution in [0.4, 0.5) is 17.1 Å². The molecule has 0 bridgehead atoms. The first-order valence-corrected chi connectivity index (χ1v) is 19.6. The Balaban J connectivity index is 1.24. The summed E-state index contributed by atoms with van der Waals surface area (Å²) in [4.78, 5) is 2.44. The lowest BCUT2D eigenvalue weighted by Crippen LogP contribution is -2.12. The van der Waals surface area contributed by atoms with Gasteiger partial charge in [-0.15, -0.1) is 0 Å². The fraction of sp³-hybridized carbons (Fsp3) is 0. The largest absolute Gasteiger partial charge is 0.310 e. The summed E-state index contributed by atoms with van der Waals surface area (Å²) in [6.45, 7) is 0.